The smallest absolute Gasteiger partial charge is 0.191 e. The first-order valence-electron chi connectivity index (χ1n) is 6.30. The Balaban J connectivity index is 0.00000120. The average molecular weight is 361 g/mol. The van der Waals surface area contributed by atoms with Gasteiger partial charge in [0.05, 0.1) is 6.04 Å². The molecular weight excluding hydrogens is 341 g/mol. The highest BCUT2D eigenvalue weighted by molar-refractivity contribution is 14.0. The van der Waals surface area contributed by atoms with Gasteiger partial charge < -0.3 is 15.2 Å². The molecule has 0 radical (unpaired) electrons. The van der Waals surface area contributed by atoms with Crippen LogP contribution in [0.25, 0.3) is 0 Å². The quantitative estimate of drug-likeness (QED) is 0.490. The molecule has 6 heteroatoms. The highest BCUT2D eigenvalue weighted by Crippen LogP contribution is 2.25. The van der Waals surface area contributed by atoms with Gasteiger partial charge in [-0.3, -0.25) is 0 Å². The van der Waals surface area contributed by atoms with Crippen LogP contribution in [-0.4, -0.2) is 39.5 Å². The Morgan fingerprint density at radius 1 is 1.50 bits per heavy atom. The molecule has 0 saturated heterocycles. The van der Waals surface area contributed by atoms with E-state index in [9.17, 15) is 0 Å². The molecule has 2 heterocycles. The van der Waals surface area contributed by atoms with Crippen molar-refractivity contribution in [2.75, 3.05) is 7.05 Å². The van der Waals surface area contributed by atoms with Gasteiger partial charge >= 0.3 is 0 Å². The highest BCUT2D eigenvalue weighted by atomic mass is 127. The number of hydrogen-bond donors (Lipinski definition) is 1. The molecule has 1 fully saturated rings. The Hall–Kier alpha value is -0.790. The molecule has 1 aromatic heterocycles. The Bertz CT molecular complexity index is 437. The zero-order valence-corrected chi connectivity index (χ0v) is 12.9. The standard InChI is InChI=1S/C12H19N5.HI/c1-16(10-2-3-10)12(13)15-9-4-6-17-7-5-14-11(17)8-9;/h5,7,9-10H,2-4,6,8H2,1H3,(H2,13,15);1H. The fourth-order valence-corrected chi connectivity index (χ4v) is 2.37. The zero-order chi connectivity index (χ0) is 11.8. The Labute approximate surface area is 124 Å². The average Bonchev–Trinajstić information content (AvgIpc) is 3.07. The molecule has 1 aliphatic heterocycles. The topological polar surface area (TPSA) is 59.4 Å². The molecule has 0 bridgehead atoms. The summed E-state index contributed by atoms with van der Waals surface area (Å²) in [5.41, 5.74) is 6.03. The minimum Gasteiger partial charge on any atom is -0.370 e. The van der Waals surface area contributed by atoms with Crippen LogP contribution in [0.1, 0.15) is 25.1 Å². The van der Waals surface area contributed by atoms with Crippen molar-refractivity contribution < 1.29 is 0 Å². The molecule has 2 aliphatic rings. The predicted octanol–water partition coefficient (Wildman–Crippen LogP) is 1.22. The number of hydrogen-bond acceptors (Lipinski definition) is 2. The van der Waals surface area contributed by atoms with Crippen LogP contribution in [0, 0.1) is 0 Å². The first kappa shape index (κ1) is 13.6. The molecule has 3 rings (SSSR count). The highest BCUT2D eigenvalue weighted by Gasteiger charge is 2.28. The number of halogens is 1. The van der Waals surface area contributed by atoms with E-state index in [0.717, 1.165) is 25.2 Å². The van der Waals surface area contributed by atoms with E-state index in [1.54, 1.807) is 0 Å². The predicted molar refractivity (Wildman–Crippen MR) is 82.2 cm³/mol. The first-order valence-corrected chi connectivity index (χ1v) is 6.30. The van der Waals surface area contributed by atoms with E-state index >= 15 is 0 Å². The number of rotatable bonds is 2. The summed E-state index contributed by atoms with van der Waals surface area (Å²) in [5.74, 6) is 1.82. The number of imidazole rings is 1. The van der Waals surface area contributed by atoms with Crippen LogP contribution in [0.15, 0.2) is 17.4 Å². The lowest BCUT2D eigenvalue weighted by molar-refractivity contribution is 0.444. The second-order valence-corrected chi connectivity index (χ2v) is 5.01. The third-order valence-corrected chi connectivity index (χ3v) is 3.69. The fraction of sp³-hybridized carbons (Fsp3) is 0.667. The molecule has 1 aliphatic carbocycles. The van der Waals surface area contributed by atoms with E-state index < -0.39 is 0 Å². The molecule has 1 saturated carbocycles. The van der Waals surface area contributed by atoms with E-state index in [-0.39, 0.29) is 24.0 Å². The van der Waals surface area contributed by atoms with Crippen molar-refractivity contribution in [1.29, 1.82) is 0 Å². The molecule has 5 nitrogen and oxygen atoms in total. The van der Waals surface area contributed by atoms with Crippen LogP contribution in [-0.2, 0) is 13.0 Å². The molecule has 0 aromatic carbocycles. The van der Waals surface area contributed by atoms with Gasteiger partial charge in [-0.25, -0.2) is 9.98 Å². The Kier molecular flexibility index (Phi) is 4.14. The van der Waals surface area contributed by atoms with Gasteiger partial charge in [-0.2, -0.15) is 0 Å². The Morgan fingerprint density at radius 3 is 3.00 bits per heavy atom. The molecule has 100 valence electrons. The third kappa shape index (κ3) is 2.78. The second kappa shape index (κ2) is 5.46. The van der Waals surface area contributed by atoms with Gasteiger partial charge in [0.15, 0.2) is 5.96 Å². The largest absolute Gasteiger partial charge is 0.370 e. The summed E-state index contributed by atoms with van der Waals surface area (Å²) in [7, 11) is 2.04. The number of nitrogens with zero attached hydrogens (tertiary/aromatic N) is 4. The van der Waals surface area contributed by atoms with Crippen LogP contribution < -0.4 is 5.73 Å². The van der Waals surface area contributed by atoms with Crippen LogP contribution in [0.3, 0.4) is 0 Å². The molecule has 1 atom stereocenters. The van der Waals surface area contributed by atoms with Gasteiger partial charge in [-0.15, -0.1) is 24.0 Å². The van der Waals surface area contributed by atoms with Crippen molar-refractivity contribution in [3.05, 3.63) is 18.2 Å². The van der Waals surface area contributed by atoms with Crippen LogP contribution >= 0.6 is 24.0 Å². The van der Waals surface area contributed by atoms with Gasteiger partial charge in [0.1, 0.15) is 5.82 Å². The summed E-state index contributed by atoms with van der Waals surface area (Å²) in [6, 6.07) is 0.926. The maximum absolute atomic E-state index is 6.03. The van der Waals surface area contributed by atoms with Crippen molar-refractivity contribution in [1.82, 2.24) is 14.5 Å². The zero-order valence-electron chi connectivity index (χ0n) is 10.6. The van der Waals surface area contributed by atoms with Crippen molar-refractivity contribution in [3.63, 3.8) is 0 Å². The number of aryl methyl sites for hydroxylation is 1. The molecular formula is C12H20IN5. The maximum Gasteiger partial charge on any atom is 0.191 e. The van der Waals surface area contributed by atoms with E-state index in [1.165, 1.54) is 12.8 Å². The number of fused-ring (bicyclic) bond motifs is 1. The number of nitrogens with two attached hydrogens (primary N) is 1. The summed E-state index contributed by atoms with van der Waals surface area (Å²) >= 11 is 0. The normalized spacial score (nSPS) is 23.2. The molecule has 18 heavy (non-hydrogen) atoms. The van der Waals surface area contributed by atoms with Crippen molar-refractivity contribution in [2.45, 2.75) is 44.3 Å². The summed E-state index contributed by atoms with van der Waals surface area (Å²) < 4.78 is 2.20. The van der Waals surface area contributed by atoms with Crippen molar-refractivity contribution >= 4 is 29.9 Å². The lowest BCUT2D eigenvalue weighted by Gasteiger charge is -2.23. The fourth-order valence-electron chi connectivity index (χ4n) is 2.37. The molecule has 1 aromatic rings. The minimum absolute atomic E-state index is 0. The van der Waals surface area contributed by atoms with Gasteiger partial charge in [-0.05, 0) is 19.3 Å². The van der Waals surface area contributed by atoms with E-state index in [1.807, 2.05) is 19.4 Å². The summed E-state index contributed by atoms with van der Waals surface area (Å²) in [6.07, 6.45) is 8.37. The van der Waals surface area contributed by atoms with Gasteiger partial charge in [-0.1, -0.05) is 0 Å². The van der Waals surface area contributed by atoms with Gasteiger partial charge in [0.2, 0.25) is 0 Å². The Morgan fingerprint density at radius 2 is 2.28 bits per heavy atom. The van der Waals surface area contributed by atoms with Gasteiger partial charge in [0, 0.05) is 38.4 Å². The minimum atomic E-state index is 0. The molecule has 2 N–H and O–H groups in total. The summed E-state index contributed by atoms with van der Waals surface area (Å²) in [5, 5.41) is 0. The lowest BCUT2D eigenvalue weighted by Crippen LogP contribution is -2.37. The third-order valence-electron chi connectivity index (χ3n) is 3.69. The van der Waals surface area contributed by atoms with Crippen LogP contribution in [0.5, 0.6) is 0 Å². The number of guanidine groups is 1. The lowest BCUT2D eigenvalue weighted by atomic mass is 10.1. The molecule has 1 unspecified atom stereocenters. The second-order valence-electron chi connectivity index (χ2n) is 5.01. The molecule has 0 spiro atoms. The van der Waals surface area contributed by atoms with E-state index in [4.69, 9.17) is 5.73 Å². The number of aliphatic imine (C=N–C) groups is 1. The summed E-state index contributed by atoms with van der Waals surface area (Å²) in [4.78, 5) is 11.1. The van der Waals surface area contributed by atoms with E-state index in [0.29, 0.717) is 18.0 Å². The van der Waals surface area contributed by atoms with Crippen LogP contribution in [0.2, 0.25) is 0 Å². The first-order chi connectivity index (χ1) is 8.24. The van der Waals surface area contributed by atoms with Crippen molar-refractivity contribution in [2.24, 2.45) is 10.7 Å². The van der Waals surface area contributed by atoms with Crippen LogP contribution in [0.4, 0.5) is 0 Å². The van der Waals surface area contributed by atoms with Gasteiger partial charge in [0.25, 0.3) is 0 Å². The van der Waals surface area contributed by atoms with E-state index in [2.05, 4.69) is 19.4 Å². The summed E-state index contributed by atoms with van der Waals surface area (Å²) in [6.45, 7) is 1.00. The molecule has 0 amide bonds. The number of aromatic nitrogens is 2. The monoisotopic (exact) mass is 361 g/mol. The SMILES string of the molecule is CN(C(N)=NC1CCn2ccnc2C1)C1CC1.I. The van der Waals surface area contributed by atoms with Crippen molar-refractivity contribution in [3.8, 4) is 0 Å². The maximum atomic E-state index is 6.03.